The minimum absolute atomic E-state index is 0.110. The van der Waals surface area contributed by atoms with Gasteiger partial charge < -0.3 is 94.8 Å². The number of aliphatic hydroxyl groups is 13. The van der Waals surface area contributed by atoms with Crippen molar-refractivity contribution in [1.29, 1.82) is 0 Å². The Labute approximate surface area is 393 Å². The van der Waals surface area contributed by atoms with Gasteiger partial charge in [0.2, 0.25) is 0 Å². The van der Waals surface area contributed by atoms with Crippen LogP contribution in [0.15, 0.2) is 11.6 Å². The third-order valence-electron chi connectivity index (χ3n) is 18.7. The molecule has 26 atom stereocenters. The molecule has 4 saturated carbocycles. The van der Waals surface area contributed by atoms with Crippen molar-refractivity contribution in [2.24, 2.45) is 45.3 Å². The zero-order valence-corrected chi connectivity index (χ0v) is 40.3. The molecular weight excluding hydrogens is 881 g/mol. The van der Waals surface area contributed by atoms with Crippen LogP contribution in [0.2, 0.25) is 0 Å². The molecule has 0 radical (unpaired) electrons. The minimum atomic E-state index is -1.86. The zero-order chi connectivity index (χ0) is 49.5. The lowest BCUT2D eigenvalue weighted by atomic mass is 9.34. The van der Waals surface area contributed by atoms with Crippen LogP contribution in [-0.4, -0.2) is 202 Å². The van der Waals surface area contributed by atoms with Crippen LogP contribution >= 0.6 is 0 Å². The predicted octanol–water partition coefficient (Wildman–Crippen LogP) is -1.06. The lowest BCUT2D eigenvalue weighted by Crippen LogP contribution is -2.71. The SMILES string of the molecule is CC(C)=CCC[C@](C)(O[C@H]1O[C@@H](CO)[C@H](O)[C@@H](O)[C@@H]1O)[C@@H]1CC[C@]2(C)[C@@H]1[C@H](O)C[C@@H]1[C@]3(C)CC[C@H](O)C(C)(C)[C@@H]3[C@H](O[C@@H]3O[C@H](CO)[C@@H](O)[C@H](O)[C@@H]3O[C@@H]3O[C@H](CO)[C@@H](O)[C@H](O)[C@@H]3O)C[C@@]12C. The van der Waals surface area contributed by atoms with Crippen molar-refractivity contribution < 1.29 is 94.8 Å². The van der Waals surface area contributed by atoms with E-state index in [9.17, 15) is 66.4 Å². The van der Waals surface area contributed by atoms with Crippen LogP contribution in [0.1, 0.15) is 107 Å². The summed E-state index contributed by atoms with van der Waals surface area (Å²) >= 11 is 0. The molecule has 4 aliphatic carbocycles. The van der Waals surface area contributed by atoms with Crippen LogP contribution in [0.4, 0.5) is 0 Å². The van der Waals surface area contributed by atoms with E-state index in [1.165, 1.54) is 0 Å². The first-order valence-electron chi connectivity index (χ1n) is 24.5. The smallest absolute Gasteiger partial charge is 0.187 e. The quantitative estimate of drug-likeness (QED) is 0.0773. The van der Waals surface area contributed by atoms with Gasteiger partial charge >= 0.3 is 0 Å². The summed E-state index contributed by atoms with van der Waals surface area (Å²) in [6, 6.07) is 0. The van der Waals surface area contributed by atoms with Gasteiger partial charge in [-0.3, -0.25) is 0 Å². The van der Waals surface area contributed by atoms with E-state index in [4.69, 9.17) is 28.4 Å². The third kappa shape index (κ3) is 9.03. The first kappa shape index (κ1) is 53.8. The second-order valence-corrected chi connectivity index (χ2v) is 23.1. The third-order valence-corrected chi connectivity index (χ3v) is 18.7. The molecule has 0 bridgehead atoms. The van der Waals surface area contributed by atoms with E-state index in [0.717, 1.165) is 5.57 Å². The molecule has 3 heterocycles. The Balaban J connectivity index is 1.27. The number of fused-ring (bicyclic) bond motifs is 5. The average Bonchev–Trinajstić information content (AvgIpc) is 3.66. The summed E-state index contributed by atoms with van der Waals surface area (Å²) in [7, 11) is 0. The normalized spacial score (nSPS) is 52.9. The molecule has 0 aromatic heterocycles. The van der Waals surface area contributed by atoms with Crippen molar-refractivity contribution in [3.63, 3.8) is 0 Å². The van der Waals surface area contributed by atoms with Crippen LogP contribution in [0, 0.1) is 45.3 Å². The standard InChI is InChI=1S/C48H82O19/c1-21(2)10-9-13-48(8,67-42-38(61)35(58)32(55)26(19-50)64-42)22-11-15-46(6)30(22)23(52)16-28-45(5)14-12-29(53)44(3,4)40(45)24(17-47(28,46)7)62-43-39(36(59)33(56)27(20-51)65-43)66-41-37(60)34(57)31(54)25(18-49)63-41/h10,22-43,49-61H,9,11-20H2,1-8H3/t22-,23-,24-,25-,26+,27-,28-,29+,30+,31-,32+,33-,34+,35-,36+,37+,38+,39+,40+,41+,42-,43-,45+,46-,47+,48+/m1/s1. The molecule has 19 nitrogen and oxygen atoms in total. The van der Waals surface area contributed by atoms with E-state index in [-0.39, 0.29) is 17.8 Å². The number of aliphatic hydroxyl groups excluding tert-OH is 13. The summed E-state index contributed by atoms with van der Waals surface area (Å²) in [5.74, 6) is -1.22. The largest absolute Gasteiger partial charge is 0.394 e. The van der Waals surface area contributed by atoms with Crippen molar-refractivity contribution in [3.8, 4) is 0 Å². The average molecular weight is 963 g/mol. The highest BCUT2D eigenvalue weighted by Gasteiger charge is 2.74. The van der Waals surface area contributed by atoms with Crippen molar-refractivity contribution in [2.75, 3.05) is 19.8 Å². The van der Waals surface area contributed by atoms with Crippen LogP contribution in [0.3, 0.4) is 0 Å². The number of ether oxygens (including phenoxy) is 6. The molecule has 388 valence electrons. The van der Waals surface area contributed by atoms with Gasteiger partial charge in [-0.2, -0.15) is 0 Å². The predicted molar refractivity (Wildman–Crippen MR) is 235 cm³/mol. The zero-order valence-electron chi connectivity index (χ0n) is 40.3. The molecule has 0 aromatic rings. The number of allylic oxidation sites excluding steroid dienone is 2. The summed E-state index contributed by atoms with van der Waals surface area (Å²) in [6.45, 7) is 14.4. The maximum Gasteiger partial charge on any atom is 0.187 e. The monoisotopic (exact) mass is 963 g/mol. The summed E-state index contributed by atoms with van der Waals surface area (Å²) in [6.07, 6.45) is -20.0. The van der Waals surface area contributed by atoms with Gasteiger partial charge in [0.25, 0.3) is 0 Å². The Morgan fingerprint density at radius 2 is 1.18 bits per heavy atom. The fourth-order valence-electron chi connectivity index (χ4n) is 14.9. The van der Waals surface area contributed by atoms with Gasteiger partial charge in [0, 0.05) is 0 Å². The lowest BCUT2D eigenvalue weighted by Gasteiger charge is -2.72. The molecule has 3 saturated heterocycles. The van der Waals surface area contributed by atoms with Crippen LogP contribution in [-0.2, 0) is 28.4 Å². The molecule has 3 aliphatic heterocycles. The van der Waals surface area contributed by atoms with Gasteiger partial charge in [-0.1, -0.05) is 46.3 Å². The maximum atomic E-state index is 12.7. The fourth-order valence-corrected chi connectivity index (χ4v) is 14.9. The topological polar surface area (TPSA) is 318 Å². The molecular formula is C48H82O19. The van der Waals surface area contributed by atoms with E-state index in [1.807, 2.05) is 34.6 Å². The first-order chi connectivity index (χ1) is 31.3. The van der Waals surface area contributed by atoms with Gasteiger partial charge in [-0.25, -0.2) is 0 Å². The van der Waals surface area contributed by atoms with E-state index in [2.05, 4.69) is 26.8 Å². The summed E-state index contributed by atoms with van der Waals surface area (Å²) in [5.41, 5.74) is -2.56. The molecule has 0 aromatic carbocycles. The van der Waals surface area contributed by atoms with E-state index in [0.29, 0.717) is 51.4 Å². The van der Waals surface area contributed by atoms with E-state index in [1.54, 1.807) is 0 Å². The van der Waals surface area contributed by atoms with Crippen molar-refractivity contribution >= 4 is 0 Å². The Kier molecular flexibility index (Phi) is 15.9. The van der Waals surface area contributed by atoms with Crippen molar-refractivity contribution in [1.82, 2.24) is 0 Å². The summed E-state index contributed by atoms with van der Waals surface area (Å²) < 4.78 is 37.9. The highest BCUT2D eigenvalue weighted by Crippen LogP contribution is 2.76. The summed E-state index contributed by atoms with van der Waals surface area (Å²) in [4.78, 5) is 0. The second kappa shape index (κ2) is 19.8. The minimum Gasteiger partial charge on any atom is -0.394 e. The Bertz CT molecular complexity index is 1710. The Morgan fingerprint density at radius 3 is 1.75 bits per heavy atom. The number of rotatable bonds is 13. The molecule has 7 fully saturated rings. The van der Waals surface area contributed by atoms with E-state index < -0.39 is 163 Å². The fraction of sp³-hybridized carbons (Fsp3) is 0.958. The van der Waals surface area contributed by atoms with Crippen molar-refractivity contribution in [2.45, 2.75) is 223 Å². The summed E-state index contributed by atoms with van der Waals surface area (Å²) in [5, 5.41) is 142. The van der Waals surface area contributed by atoms with Gasteiger partial charge in [0.05, 0.1) is 43.7 Å². The highest BCUT2D eigenvalue weighted by molar-refractivity contribution is 5.22. The van der Waals surface area contributed by atoms with Crippen LogP contribution in [0.5, 0.6) is 0 Å². The Morgan fingerprint density at radius 1 is 0.642 bits per heavy atom. The van der Waals surface area contributed by atoms with Crippen LogP contribution in [0.25, 0.3) is 0 Å². The molecule has 0 unspecified atom stereocenters. The number of hydrogen-bond donors (Lipinski definition) is 13. The second-order valence-electron chi connectivity index (χ2n) is 23.1. The van der Waals surface area contributed by atoms with E-state index >= 15 is 0 Å². The molecule has 67 heavy (non-hydrogen) atoms. The molecule has 19 heteroatoms. The first-order valence-corrected chi connectivity index (χ1v) is 24.5. The van der Waals surface area contributed by atoms with Gasteiger partial charge in [-0.05, 0) is 117 Å². The molecule has 7 aliphatic rings. The molecule has 7 rings (SSSR count). The van der Waals surface area contributed by atoms with Gasteiger partial charge in [0.15, 0.2) is 18.9 Å². The van der Waals surface area contributed by atoms with Gasteiger partial charge in [0.1, 0.15) is 73.2 Å². The molecule has 0 spiro atoms. The van der Waals surface area contributed by atoms with Crippen molar-refractivity contribution in [3.05, 3.63) is 11.6 Å². The maximum absolute atomic E-state index is 12.7. The lowest BCUT2D eigenvalue weighted by molar-refractivity contribution is -0.383. The highest BCUT2D eigenvalue weighted by atomic mass is 16.8. The number of hydrogen-bond acceptors (Lipinski definition) is 19. The van der Waals surface area contributed by atoms with Gasteiger partial charge in [-0.15, -0.1) is 0 Å². The Hall–Kier alpha value is -1.02. The van der Waals surface area contributed by atoms with Crippen LogP contribution < -0.4 is 0 Å². The molecule has 13 N–H and O–H groups in total. The molecule has 0 amide bonds.